The second-order valence-electron chi connectivity index (χ2n) is 7.09. The third-order valence-electron chi connectivity index (χ3n) is 5.11. The van der Waals surface area contributed by atoms with Crippen LogP contribution in [0.4, 0.5) is 0 Å². The molecule has 2 fully saturated rings. The second kappa shape index (κ2) is 7.99. The lowest BCUT2D eigenvalue weighted by molar-refractivity contribution is -0.136. The third-order valence-corrected chi connectivity index (χ3v) is 5.11. The van der Waals surface area contributed by atoms with Crippen LogP contribution >= 0.6 is 0 Å². The number of likely N-dealkylation sites (tertiary alicyclic amines) is 1. The number of aryl methyl sites for hydroxylation is 3. The van der Waals surface area contributed by atoms with Crippen molar-refractivity contribution in [3.05, 3.63) is 17.5 Å². The van der Waals surface area contributed by atoms with Crippen molar-refractivity contribution in [1.29, 1.82) is 0 Å². The fourth-order valence-corrected chi connectivity index (χ4v) is 3.68. The molecule has 1 aromatic heterocycles. The lowest BCUT2D eigenvalue weighted by atomic mass is 10.0. The van der Waals surface area contributed by atoms with E-state index in [4.69, 9.17) is 4.74 Å². The number of carbonyl (C=O) groups excluding carboxylic acids is 2. The van der Waals surface area contributed by atoms with Crippen LogP contribution in [0.1, 0.15) is 30.7 Å². The first-order chi connectivity index (χ1) is 12.0. The Bertz CT molecular complexity index is 622. The summed E-state index contributed by atoms with van der Waals surface area (Å²) < 4.78 is 7.18. The summed E-state index contributed by atoms with van der Waals surface area (Å²) in [5, 5.41) is 4.40. The van der Waals surface area contributed by atoms with Crippen LogP contribution in [0, 0.1) is 19.8 Å². The minimum absolute atomic E-state index is 0.161. The highest BCUT2D eigenvalue weighted by molar-refractivity contribution is 5.78. The van der Waals surface area contributed by atoms with Gasteiger partial charge in [-0.2, -0.15) is 5.10 Å². The van der Waals surface area contributed by atoms with Gasteiger partial charge in [-0.15, -0.1) is 0 Å². The summed E-state index contributed by atoms with van der Waals surface area (Å²) in [7, 11) is 0. The largest absolute Gasteiger partial charge is 0.378 e. The maximum Gasteiger partial charge on any atom is 0.224 e. The minimum Gasteiger partial charge on any atom is -0.378 e. The van der Waals surface area contributed by atoms with Gasteiger partial charge in [0.2, 0.25) is 11.8 Å². The van der Waals surface area contributed by atoms with Gasteiger partial charge in [-0.1, -0.05) is 0 Å². The molecule has 0 saturated carbocycles. The van der Waals surface area contributed by atoms with Crippen molar-refractivity contribution in [2.45, 2.75) is 39.7 Å². The van der Waals surface area contributed by atoms with Gasteiger partial charge in [0.25, 0.3) is 0 Å². The van der Waals surface area contributed by atoms with Crippen LogP contribution in [-0.4, -0.2) is 70.8 Å². The van der Waals surface area contributed by atoms with E-state index in [0.717, 1.165) is 24.4 Å². The zero-order valence-electron chi connectivity index (χ0n) is 15.2. The Morgan fingerprint density at radius 2 is 1.92 bits per heavy atom. The molecule has 2 aliphatic heterocycles. The molecular weight excluding hydrogens is 320 g/mol. The normalized spacial score (nSPS) is 21.0. The number of nitrogens with zero attached hydrogens (tertiary/aromatic N) is 4. The van der Waals surface area contributed by atoms with Crippen LogP contribution in [0.15, 0.2) is 6.07 Å². The first-order valence-electron chi connectivity index (χ1n) is 9.17. The molecule has 0 bridgehead atoms. The Hall–Kier alpha value is -1.89. The van der Waals surface area contributed by atoms with Crippen molar-refractivity contribution in [3.63, 3.8) is 0 Å². The van der Waals surface area contributed by atoms with Crippen LogP contribution in [-0.2, 0) is 20.9 Å². The molecule has 0 spiro atoms. The van der Waals surface area contributed by atoms with Gasteiger partial charge in [0.1, 0.15) is 0 Å². The Morgan fingerprint density at radius 1 is 1.16 bits per heavy atom. The Kier molecular flexibility index (Phi) is 5.73. The average molecular weight is 348 g/mol. The number of hydrogen-bond acceptors (Lipinski definition) is 4. The Morgan fingerprint density at radius 3 is 2.60 bits per heavy atom. The van der Waals surface area contributed by atoms with Crippen molar-refractivity contribution >= 4 is 11.8 Å². The smallest absolute Gasteiger partial charge is 0.224 e. The molecule has 2 amide bonds. The van der Waals surface area contributed by atoms with Crippen molar-refractivity contribution < 1.29 is 14.3 Å². The van der Waals surface area contributed by atoms with E-state index in [-0.39, 0.29) is 17.7 Å². The van der Waals surface area contributed by atoms with E-state index in [0.29, 0.717) is 52.2 Å². The van der Waals surface area contributed by atoms with Gasteiger partial charge in [-0.05, 0) is 32.3 Å². The standard InChI is InChI=1S/C18H28N4O3/c1-14-11-15(2)22(19-14)6-4-17(23)21-5-3-16(13-21)12-18(24)20-7-9-25-10-8-20/h11,16H,3-10,12-13H2,1-2H3. The van der Waals surface area contributed by atoms with E-state index in [1.807, 2.05) is 34.4 Å². The summed E-state index contributed by atoms with van der Waals surface area (Å²) in [4.78, 5) is 28.6. The number of rotatable bonds is 5. The Balaban J connectivity index is 1.43. The van der Waals surface area contributed by atoms with Crippen molar-refractivity contribution in [2.24, 2.45) is 5.92 Å². The molecule has 1 atom stereocenters. The Labute approximate surface area is 148 Å². The fraction of sp³-hybridized carbons (Fsp3) is 0.722. The van der Waals surface area contributed by atoms with E-state index in [2.05, 4.69) is 5.10 Å². The summed E-state index contributed by atoms with van der Waals surface area (Å²) in [5.41, 5.74) is 2.06. The number of hydrogen-bond donors (Lipinski definition) is 0. The van der Waals surface area contributed by atoms with Crippen molar-refractivity contribution in [1.82, 2.24) is 19.6 Å². The SMILES string of the molecule is Cc1cc(C)n(CCC(=O)N2CCC(CC(=O)N3CCOCC3)C2)n1. The van der Waals surface area contributed by atoms with Gasteiger partial charge >= 0.3 is 0 Å². The number of aromatic nitrogens is 2. The van der Waals surface area contributed by atoms with Crippen LogP contribution in [0.3, 0.4) is 0 Å². The van der Waals surface area contributed by atoms with Crippen LogP contribution < -0.4 is 0 Å². The lowest BCUT2D eigenvalue weighted by Gasteiger charge is -2.27. The van der Waals surface area contributed by atoms with Crippen molar-refractivity contribution in [3.8, 4) is 0 Å². The van der Waals surface area contributed by atoms with Gasteiger partial charge < -0.3 is 14.5 Å². The number of amides is 2. The molecule has 3 rings (SSSR count). The lowest BCUT2D eigenvalue weighted by Crippen LogP contribution is -2.41. The quantitative estimate of drug-likeness (QED) is 0.796. The van der Waals surface area contributed by atoms with E-state index >= 15 is 0 Å². The van der Waals surface area contributed by atoms with Crippen LogP contribution in [0.5, 0.6) is 0 Å². The number of morpholine rings is 1. The van der Waals surface area contributed by atoms with E-state index < -0.39 is 0 Å². The van der Waals surface area contributed by atoms with E-state index in [1.54, 1.807) is 0 Å². The maximum absolute atomic E-state index is 12.4. The summed E-state index contributed by atoms with van der Waals surface area (Å²) in [6.07, 6.45) is 1.93. The average Bonchev–Trinajstić information content (AvgIpc) is 3.19. The van der Waals surface area contributed by atoms with E-state index in [9.17, 15) is 9.59 Å². The highest BCUT2D eigenvalue weighted by atomic mass is 16.5. The molecule has 25 heavy (non-hydrogen) atoms. The summed E-state index contributed by atoms with van der Waals surface area (Å²) in [6, 6.07) is 2.02. The first kappa shape index (κ1) is 17.9. The summed E-state index contributed by atoms with van der Waals surface area (Å²) in [5.74, 6) is 0.645. The topological polar surface area (TPSA) is 67.7 Å². The zero-order chi connectivity index (χ0) is 17.8. The highest BCUT2D eigenvalue weighted by Crippen LogP contribution is 2.21. The first-order valence-corrected chi connectivity index (χ1v) is 9.17. The highest BCUT2D eigenvalue weighted by Gasteiger charge is 2.29. The van der Waals surface area contributed by atoms with Crippen LogP contribution in [0.2, 0.25) is 0 Å². The number of carbonyl (C=O) groups is 2. The van der Waals surface area contributed by atoms with Gasteiger partial charge in [0, 0.05) is 51.3 Å². The van der Waals surface area contributed by atoms with Gasteiger partial charge in [-0.25, -0.2) is 0 Å². The second-order valence-corrected chi connectivity index (χ2v) is 7.09. The predicted molar refractivity (Wildman–Crippen MR) is 93.0 cm³/mol. The van der Waals surface area contributed by atoms with Crippen molar-refractivity contribution in [2.75, 3.05) is 39.4 Å². The van der Waals surface area contributed by atoms with Gasteiger partial charge in [0.15, 0.2) is 0 Å². The van der Waals surface area contributed by atoms with Gasteiger partial charge in [-0.3, -0.25) is 14.3 Å². The molecule has 7 nitrogen and oxygen atoms in total. The molecule has 3 heterocycles. The molecule has 0 N–H and O–H groups in total. The third kappa shape index (κ3) is 4.60. The molecule has 1 aromatic rings. The van der Waals surface area contributed by atoms with Crippen LogP contribution in [0.25, 0.3) is 0 Å². The minimum atomic E-state index is 0.161. The molecule has 2 saturated heterocycles. The molecule has 0 aliphatic carbocycles. The molecule has 2 aliphatic rings. The molecule has 0 radical (unpaired) electrons. The molecule has 0 aromatic carbocycles. The summed E-state index contributed by atoms with van der Waals surface area (Å²) >= 11 is 0. The van der Waals surface area contributed by atoms with E-state index in [1.165, 1.54) is 0 Å². The predicted octanol–water partition coefficient (Wildman–Crippen LogP) is 0.987. The van der Waals surface area contributed by atoms with Gasteiger partial charge in [0.05, 0.1) is 18.9 Å². The zero-order valence-corrected chi connectivity index (χ0v) is 15.2. The molecular formula is C18H28N4O3. The molecule has 1 unspecified atom stereocenters. The number of ether oxygens (including phenoxy) is 1. The molecule has 7 heteroatoms. The fourth-order valence-electron chi connectivity index (χ4n) is 3.68. The maximum atomic E-state index is 12.4. The monoisotopic (exact) mass is 348 g/mol. The molecule has 138 valence electrons. The summed E-state index contributed by atoms with van der Waals surface area (Å²) in [6.45, 7) is 8.69.